The minimum Gasteiger partial charge on any atom is -0.444 e. The molecule has 2 aromatic rings. The molecule has 0 radical (unpaired) electrons. The summed E-state index contributed by atoms with van der Waals surface area (Å²) in [5, 5.41) is 4.04. The average molecular weight is 279 g/mol. The SMILES string of the molecule is Cc1ccc(-c2nc(CNC(C)(C)C)co2)c(Cl)c1. The fourth-order valence-corrected chi connectivity index (χ4v) is 1.98. The Kier molecular flexibility index (Phi) is 3.97. The summed E-state index contributed by atoms with van der Waals surface area (Å²) >= 11 is 6.21. The summed E-state index contributed by atoms with van der Waals surface area (Å²) in [6, 6.07) is 5.84. The average Bonchev–Trinajstić information content (AvgIpc) is 2.74. The molecule has 0 amide bonds. The van der Waals surface area contributed by atoms with Crippen LogP contribution >= 0.6 is 11.6 Å². The van der Waals surface area contributed by atoms with Crippen molar-refractivity contribution in [3.63, 3.8) is 0 Å². The molecule has 0 aliphatic carbocycles. The second-order valence-corrected chi connectivity index (χ2v) is 6.14. The van der Waals surface area contributed by atoms with E-state index in [0.29, 0.717) is 17.5 Å². The third-order valence-electron chi connectivity index (χ3n) is 2.71. The molecule has 0 saturated carbocycles. The zero-order chi connectivity index (χ0) is 14.0. The van der Waals surface area contributed by atoms with Crippen LogP contribution in [0.5, 0.6) is 0 Å². The molecule has 0 unspecified atom stereocenters. The molecule has 1 aromatic heterocycles. The number of nitrogens with one attached hydrogen (secondary N) is 1. The summed E-state index contributed by atoms with van der Waals surface area (Å²) in [7, 11) is 0. The highest BCUT2D eigenvalue weighted by Crippen LogP contribution is 2.28. The van der Waals surface area contributed by atoms with E-state index in [2.05, 4.69) is 31.1 Å². The first kappa shape index (κ1) is 14.1. The molecule has 4 heteroatoms. The standard InChI is InChI=1S/C15H19ClN2O/c1-10-5-6-12(13(16)7-10)14-18-11(9-19-14)8-17-15(2,3)4/h5-7,9,17H,8H2,1-4H3. The van der Waals surface area contributed by atoms with Gasteiger partial charge in [-0.2, -0.15) is 0 Å². The van der Waals surface area contributed by atoms with Crippen molar-refractivity contribution in [2.24, 2.45) is 0 Å². The highest BCUT2D eigenvalue weighted by molar-refractivity contribution is 6.33. The molecule has 1 aromatic carbocycles. The quantitative estimate of drug-likeness (QED) is 0.915. The number of nitrogens with zero attached hydrogens (tertiary/aromatic N) is 1. The summed E-state index contributed by atoms with van der Waals surface area (Å²) in [5.41, 5.74) is 2.88. The van der Waals surface area contributed by atoms with Crippen molar-refractivity contribution in [3.05, 3.63) is 40.7 Å². The lowest BCUT2D eigenvalue weighted by molar-refractivity contribution is 0.421. The van der Waals surface area contributed by atoms with Crippen molar-refractivity contribution < 1.29 is 4.42 Å². The summed E-state index contributed by atoms with van der Waals surface area (Å²) in [6.45, 7) is 9.03. The lowest BCUT2D eigenvalue weighted by Crippen LogP contribution is -2.35. The molecule has 1 heterocycles. The van der Waals surface area contributed by atoms with E-state index in [-0.39, 0.29) is 5.54 Å². The lowest BCUT2D eigenvalue weighted by atomic mass is 10.1. The smallest absolute Gasteiger partial charge is 0.227 e. The number of aryl methyl sites for hydroxylation is 1. The van der Waals surface area contributed by atoms with Crippen LogP contribution in [0.15, 0.2) is 28.9 Å². The molecule has 0 bridgehead atoms. The first-order valence-corrected chi connectivity index (χ1v) is 6.69. The van der Waals surface area contributed by atoms with E-state index in [0.717, 1.165) is 16.8 Å². The van der Waals surface area contributed by atoms with Gasteiger partial charge >= 0.3 is 0 Å². The Morgan fingerprint density at radius 1 is 1.32 bits per heavy atom. The van der Waals surface area contributed by atoms with Gasteiger partial charge in [-0.3, -0.25) is 0 Å². The Hall–Kier alpha value is -1.32. The fourth-order valence-electron chi connectivity index (χ4n) is 1.66. The molecule has 0 aliphatic heterocycles. The van der Waals surface area contributed by atoms with E-state index in [1.165, 1.54) is 0 Å². The summed E-state index contributed by atoms with van der Waals surface area (Å²) < 4.78 is 5.50. The minimum absolute atomic E-state index is 0.0562. The molecule has 0 atom stereocenters. The molecule has 19 heavy (non-hydrogen) atoms. The Morgan fingerprint density at radius 2 is 2.05 bits per heavy atom. The van der Waals surface area contributed by atoms with Gasteiger partial charge in [0.15, 0.2) is 0 Å². The van der Waals surface area contributed by atoms with Crippen LogP contribution in [0.3, 0.4) is 0 Å². The largest absolute Gasteiger partial charge is 0.444 e. The van der Waals surface area contributed by atoms with Gasteiger partial charge in [0, 0.05) is 12.1 Å². The minimum atomic E-state index is 0.0562. The first-order chi connectivity index (χ1) is 8.85. The summed E-state index contributed by atoms with van der Waals surface area (Å²) in [6.07, 6.45) is 1.67. The van der Waals surface area contributed by atoms with Gasteiger partial charge in [-0.05, 0) is 45.4 Å². The number of hydrogen-bond acceptors (Lipinski definition) is 3. The molecule has 0 spiro atoms. The Bertz CT molecular complexity index is 570. The zero-order valence-electron chi connectivity index (χ0n) is 11.7. The van der Waals surface area contributed by atoms with Crippen LogP contribution < -0.4 is 5.32 Å². The topological polar surface area (TPSA) is 38.1 Å². The van der Waals surface area contributed by atoms with Crippen molar-refractivity contribution in [1.29, 1.82) is 0 Å². The van der Waals surface area contributed by atoms with E-state index in [9.17, 15) is 0 Å². The molecule has 3 nitrogen and oxygen atoms in total. The molecule has 1 N–H and O–H groups in total. The highest BCUT2D eigenvalue weighted by atomic mass is 35.5. The number of rotatable bonds is 3. The van der Waals surface area contributed by atoms with Crippen molar-refractivity contribution in [1.82, 2.24) is 10.3 Å². The van der Waals surface area contributed by atoms with E-state index in [4.69, 9.17) is 16.0 Å². The van der Waals surface area contributed by atoms with Crippen LogP contribution in [-0.2, 0) is 6.54 Å². The predicted molar refractivity (Wildman–Crippen MR) is 78.3 cm³/mol. The maximum absolute atomic E-state index is 6.21. The van der Waals surface area contributed by atoms with Crippen molar-refractivity contribution in [3.8, 4) is 11.5 Å². The fraction of sp³-hybridized carbons (Fsp3) is 0.400. The third-order valence-corrected chi connectivity index (χ3v) is 3.02. The number of oxazole rings is 1. The van der Waals surface area contributed by atoms with Crippen LogP contribution in [0.25, 0.3) is 11.5 Å². The highest BCUT2D eigenvalue weighted by Gasteiger charge is 2.13. The monoisotopic (exact) mass is 278 g/mol. The molecule has 102 valence electrons. The maximum Gasteiger partial charge on any atom is 0.227 e. The Labute approximate surface area is 119 Å². The summed E-state index contributed by atoms with van der Waals surface area (Å²) in [4.78, 5) is 4.46. The second-order valence-electron chi connectivity index (χ2n) is 5.73. The molecule has 0 aliphatic rings. The zero-order valence-corrected chi connectivity index (χ0v) is 12.5. The van der Waals surface area contributed by atoms with Crippen molar-refractivity contribution in [2.45, 2.75) is 39.8 Å². The van der Waals surface area contributed by atoms with E-state index < -0.39 is 0 Å². The van der Waals surface area contributed by atoms with Gasteiger partial charge in [0.1, 0.15) is 6.26 Å². The first-order valence-electron chi connectivity index (χ1n) is 6.31. The van der Waals surface area contributed by atoms with Gasteiger partial charge < -0.3 is 9.73 Å². The van der Waals surface area contributed by atoms with Crippen LogP contribution in [0.1, 0.15) is 32.0 Å². The van der Waals surface area contributed by atoms with Gasteiger partial charge in [-0.25, -0.2) is 4.98 Å². The van der Waals surface area contributed by atoms with Crippen molar-refractivity contribution >= 4 is 11.6 Å². The van der Waals surface area contributed by atoms with Crippen LogP contribution in [0, 0.1) is 6.92 Å². The van der Waals surface area contributed by atoms with Crippen LogP contribution in [-0.4, -0.2) is 10.5 Å². The Balaban J connectivity index is 2.16. The van der Waals surface area contributed by atoms with Gasteiger partial charge in [0.05, 0.1) is 16.3 Å². The van der Waals surface area contributed by atoms with Crippen molar-refractivity contribution in [2.75, 3.05) is 0 Å². The molecule has 0 fully saturated rings. The van der Waals surface area contributed by atoms with Crippen LogP contribution in [0.4, 0.5) is 0 Å². The number of halogens is 1. The summed E-state index contributed by atoms with van der Waals surface area (Å²) in [5.74, 6) is 0.565. The molecular weight excluding hydrogens is 260 g/mol. The number of aromatic nitrogens is 1. The molecule has 0 saturated heterocycles. The van der Waals surface area contributed by atoms with Gasteiger partial charge in [-0.15, -0.1) is 0 Å². The molecule has 2 rings (SSSR count). The molecular formula is C15H19ClN2O. The third kappa shape index (κ3) is 3.82. The van der Waals surface area contributed by atoms with E-state index in [1.807, 2.05) is 25.1 Å². The Morgan fingerprint density at radius 3 is 2.68 bits per heavy atom. The van der Waals surface area contributed by atoms with E-state index >= 15 is 0 Å². The normalized spacial score (nSPS) is 11.8. The lowest BCUT2D eigenvalue weighted by Gasteiger charge is -2.19. The van der Waals surface area contributed by atoms with E-state index in [1.54, 1.807) is 6.26 Å². The van der Waals surface area contributed by atoms with Gasteiger partial charge in [0.25, 0.3) is 0 Å². The second kappa shape index (κ2) is 5.35. The number of benzene rings is 1. The predicted octanol–water partition coefficient (Wildman–Crippen LogP) is 4.19. The van der Waals surface area contributed by atoms with Crippen LogP contribution in [0.2, 0.25) is 5.02 Å². The van der Waals surface area contributed by atoms with Gasteiger partial charge in [-0.1, -0.05) is 17.7 Å². The van der Waals surface area contributed by atoms with Gasteiger partial charge in [0.2, 0.25) is 5.89 Å². The maximum atomic E-state index is 6.21. The number of hydrogen-bond donors (Lipinski definition) is 1.